The van der Waals surface area contributed by atoms with Gasteiger partial charge in [0.25, 0.3) is 5.91 Å². The number of hydrogen-bond donors (Lipinski definition) is 0. The van der Waals surface area contributed by atoms with Gasteiger partial charge in [-0.15, -0.1) is 10.2 Å². The Bertz CT molecular complexity index is 1750. The largest absolute Gasteiger partial charge is 0.317 e. The van der Waals surface area contributed by atoms with Crippen LogP contribution in [0.25, 0.3) is 22.5 Å². The summed E-state index contributed by atoms with van der Waals surface area (Å²) in [4.78, 5) is 22.7. The number of nitriles is 1. The third-order valence-corrected chi connectivity index (χ3v) is 8.71. The molecule has 0 bridgehead atoms. The maximum absolute atomic E-state index is 15.5. The summed E-state index contributed by atoms with van der Waals surface area (Å²) in [6.45, 7) is 5.03. The lowest BCUT2D eigenvalue weighted by atomic mass is 9.96. The number of pyridine rings is 1. The zero-order chi connectivity index (χ0) is 29.0. The number of nitrogens with zero attached hydrogens (tertiary/aromatic N) is 7. The SMILES string of the molecule is C[C@H]1CCCN(Cc2cc(F)c3c(c2)C(=O)N(c2cc(-c4ccc(C#N)cc4-c4nncn4C)cc(C4CC4)n2)C3)C1. The summed E-state index contributed by atoms with van der Waals surface area (Å²) in [5.74, 6) is 1.54. The van der Waals surface area contributed by atoms with E-state index in [9.17, 15) is 10.1 Å². The van der Waals surface area contributed by atoms with Crippen LogP contribution in [0.1, 0.15) is 71.3 Å². The monoisotopic (exact) mass is 561 g/mol. The van der Waals surface area contributed by atoms with Gasteiger partial charge >= 0.3 is 0 Å². The van der Waals surface area contributed by atoms with E-state index in [0.29, 0.717) is 46.7 Å². The molecule has 212 valence electrons. The predicted molar refractivity (Wildman–Crippen MR) is 157 cm³/mol. The van der Waals surface area contributed by atoms with E-state index in [-0.39, 0.29) is 18.3 Å². The molecule has 0 unspecified atom stereocenters. The molecule has 2 aromatic carbocycles. The van der Waals surface area contributed by atoms with Crippen LogP contribution in [0.3, 0.4) is 0 Å². The third kappa shape index (κ3) is 4.86. The molecule has 9 heteroatoms. The Balaban J connectivity index is 1.26. The summed E-state index contributed by atoms with van der Waals surface area (Å²) in [5.41, 5.74) is 5.62. The second-order valence-corrected chi connectivity index (χ2v) is 12.0. The van der Waals surface area contributed by atoms with E-state index in [1.54, 1.807) is 23.4 Å². The number of carbonyl (C=O) groups excluding carboxylic acids is 1. The van der Waals surface area contributed by atoms with Gasteiger partial charge in [0.1, 0.15) is 18.0 Å². The van der Waals surface area contributed by atoms with E-state index in [4.69, 9.17) is 4.98 Å². The highest BCUT2D eigenvalue weighted by Crippen LogP contribution is 2.43. The first-order valence-corrected chi connectivity index (χ1v) is 14.6. The van der Waals surface area contributed by atoms with Crippen molar-refractivity contribution in [2.45, 2.75) is 51.6 Å². The second-order valence-electron chi connectivity index (χ2n) is 12.0. The highest BCUT2D eigenvalue weighted by atomic mass is 19.1. The topological polar surface area (TPSA) is 90.9 Å². The van der Waals surface area contributed by atoms with Crippen molar-refractivity contribution in [3.8, 4) is 28.6 Å². The van der Waals surface area contributed by atoms with Crippen LogP contribution in [0.2, 0.25) is 0 Å². The van der Waals surface area contributed by atoms with Crippen molar-refractivity contribution in [3.05, 3.63) is 82.6 Å². The Kier molecular flexibility index (Phi) is 6.59. The maximum Gasteiger partial charge on any atom is 0.260 e. The quantitative estimate of drug-likeness (QED) is 0.294. The number of likely N-dealkylation sites (tertiary alicyclic amines) is 1. The van der Waals surface area contributed by atoms with E-state index in [1.165, 1.54) is 6.42 Å². The zero-order valence-electron chi connectivity index (χ0n) is 23.8. The standard InChI is InChI=1S/C33H32FN7O/c1-20-4-3-9-40(16-20)17-22-11-27-28(29(34)12-22)18-41(33(27)42)31-14-24(13-30(37-31)23-6-7-23)25-8-5-21(15-35)10-26(25)32-38-36-19-39(32)2/h5,8,10-14,19-20,23H,3-4,6-7,9,16-18H2,1-2H3/t20-/m0/s1. The smallest absolute Gasteiger partial charge is 0.260 e. The number of piperidine rings is 1. The Morgan fingerprint density at radius 3 is 2.67 bits per heavy atom. The van der Waals surface area contributed by atoms with Gasteiger partial charge in [-0.1, -0.05) is 13.0 Å². The highest BCUT2D eigenvalue weighted by molar-refractivity contribution is 6.10. The van der Waals surface area contributed by atoms with Gasteiger partial charge in [-0.3, -0.25) is 14.6 Å². The fraction of sp³-hybridized carbons (Fsp3) is 0.364. The van der Waals surface area contributed by atoms with Crippen molar-refractivity contribution < 1.29 is 9.18 Å². The number of benzene rings is 2. The van der Waals surface area contributed by atoms with E-state index in [2.05, 4.69) is 34.2 Å². The summed E-state index contributed by atoms with van der Waals surface area (Å²) in [5, 5.41) is 17.9. The Morgan fingerprint density at radius 1 is 1.07 bits per heavy atom. The number of hydrogen-bond acceptors (Lipinski definition) is 6. The molecule has 3 aliphatic rings. The zero-order valence-corrected chi connectivity index (χ0v) is 23.8. The minimum absolute atomic E-state index is 0.144. The molecule has 1 amide bonds. The van der Waals surface area contributed by atoms with E-state index < -0.39 is 0 Å². The van der Waals surface area contributed by atoms with Gasteiger partial charge in [-0.25, -0.2) is 9.37 Å². The van der Waals surface area contributed by atoms with E-state index >= 15 is 4.39 Å². The summed E-state index contributed by atoms with van der Waals surface area (Å²) in [6.07, 6.45) is 6.08. The molecule has 4 aromatic rings. The average Bonchev–Trinajstić information content (AvgIpc) is 3.67. The minimum Gasteiger partial charge on any atom is -0.317 e. The van der Waals surface area contributed by atoms with Gasteiger partial charge in [0, 0.05) is 48.4 Å². The highest BCUT2D eigenvalue weighted by Gasteiger charge is 2.34. The molecule has 1 atom stereocenters. The predicted octanol–water partition coefficient (Wildman–Crippen LogP) is 5.82. The Labute approximate surface area is 244 Å². The molecule has 42 heavy (non-hydrogen) atoms. The molecular weight excluding hydrogens is 529 g/mol. The molecule has 0 spiro atoms. The summed E-state index contributed by atoms with van der Waals surface area (Å²) >= 11 is 0. The van der Waals surface area contributed by atoms with E-state index in [0.717, 1.165) is 60.3 Å². The van der Waals surface area contributed by atoms with E-state index in [1.807, 2.05) is 35.9 Å². The first kappa shape index (κ1) is 26.5. The molecule has 1 saturated heterocycles. The number of halogens is 1. The van der Waals surface area contributed by atoms with Gasteiger partial charge in [-0.2, -0.15) is 5.26 Å². The number of anilines is 1. The molecule has 0 N–H and O–H groups in total. The minimum atomic E-state index is -0.335. The lowest BCUT2D eigenvalue weighted by Crippen LogP contribution is -2.33. The van der Waals surface area contributed by atoms with Crippen LogP contribution >= 0.6 is 0 Å². The fourth-order valence-corrected chi connectivity index (χ4v) is 6.38. The first-order valence-electron chi connectivity index (χ1n) is 14.6. The Hall–Kier alpha value is -4.42. The van der Waals surface area contributed by atoms with Crippen LogP contribution in [0.5, 0.6) is 0 Å². The molecule has 4 heterocycles. The molecule has 8 nitrogen and oxygen atoms in total. The van der Waals surface area contributed by atoms with Crippen molar-refractivity contribution in [1.82, 2.24) is 24.6 Å². The van der Waals surface area contributed by atoms with Gasteiger partial charge in [-0.05, 0) is 91.2 Å². The van der Waals surface area contributed by atoms with Gasteiger partial charge in [0.15, 0.2) is 5.82 Å². The maximum atomic E-state index is 15.5. The molecule has 1 saturated carbocycles. The molecule has 7 rings (SSSR count). The van der Waals surface area contributed by atoms with Gasteiger partial charge in [0.2, 0.25) is 0 Å². The summed E-state index contributed by atoms with van der Waals surface area (Å²) in [7, 11) is 1.86. The van der Waals surface area contributed by atoms with Crippen LogP contribution < -0.4 is 4.90 Å². The van der Waals surface area contributed by atoms with Crippen LogP contribution in [-0.2, 0) is 20.1 Å². The third-order valence-electron chi connectivity index (χ3n) is 8.71. The molecular formula is C33H32FN7O. The number of rotatable bonds is 6. The molecule has 2 aromatic heterocycles. The van der Waals surface area contributed by atoms with Crippen molar-refractivity contribution in [2.75, 3.05) is 18.0 Å². The van der Waals surface area contributed by atoms with Crippen LogP contribution in [0.4, 0.5) is 10.2 Å². The van der Waals surface area contributed by atoms with Crippen molar-refractivity contribution in [3.63, 3.8) is 0 Å². The number of amides is 1. The Morgan fingerprint density at radius 2 is 1.93 bits per heavy atom. The summed E-state index contributed by atoms with van der Waals surface area (Å²) < 4.78 is 17.3. The number of aromatic nitrogens is 4. The lowest BCUT2D eigenvalue weighted by molar-refractivity contribution is 0.0995. The normalized spacial score (nSPS) is 18.8. The number of fused-ring (bicyclic) bond motifs is 1. The molecule has 0 radical (unpaired) electrons. The van der Waals surface area contributed by atoms with Crippen molar-refractivity contribution in [2.24, 2.45) is 13.0 Å². The molecule has 2 aliphatic heterocycles. The van der Waals surface area contributed by atoms with Crippen LogP contribution in [0.15, 0.2) is 48.8 Å². The molecule has 1 aliphatic carbocycles. The fourth-order valence-electron chi connectivity index (χ4n) is 6.38. The molecule has 2 fully saturated rings. The first-order chi connectivity index (χ1) is 20.4. The van der Waals surface area contributed by atoms with Gasteiger partial charge in [0.05, 0.1) is 18.2 Å². The van der Waals surface area contributed by atoms with Crippen LogP contribution in [0, 0.1) is 23.1 Å². The van der Waals surface area contributed by atoms with Crippen molar-refractivity contribution >= 4 is 11.7 Å². The average molecular weight is 562 g/mol. The number of aryl methyl sites for hydroxylation is 1. The summed E-state index contributed by atoms with van der Waals surface area (Å²) in [6, 6.07) is 15.1. The second kappa shape index (κ2) is 10.4. The number of carbonyl (C=O) groups is 1. The van der Waals surface area contributed by atoms with Crippen LogP contribution in [-0.4, -0.2) is 43.6 Å². The van der Waals surface area contributed by atoms with Crippen molar-refractivity contribution in [1.29, 1.82) is 5.26 Å². The van der Waals surface area contributed by atoms with Gasteiger partial charge < -0.3 is 4.57 Å². The lowest BCUT2D eigenvalue weighted by Gasteiger charge is -2.30.